The SMILES string of the molecule is Cc1cc(C2(N)CC2)c(C)c(C)c1C. The summed E-state index contributed by atoms with van der Waals surface area (Å²) in [6, 6.07) is 2.28. The van der Waals surface area contributed by atoms with Gasteiger partial charge in [-0.3, -0.25) is 0 Å². The molecule has 1 heteroatoms. The third kappa shape index (κ3) is 1.27. The van der Waals surface area contributed by atoms with E-state index in [4.69, 9.17) is 5.73 Å². The summed E-state index contributed by atoms with van der Waals surface area (Å²) in [5.74, 6) is 0. The third-order valence-electron chi connectivity index (χ3n) is 3.81. The van der Waals surface area contributed by atoms with E-state index >= 15 is 0 Å². The van der Waals surface area contributed by atoms with Crippen LogP contribution in [0.25, 0.3) is 0 Å². The van der Waals surface area contributed by atoms with Crippen molar-refractivity contribution in [3.63, 3.8) is 0 Å². The standard InChI is InChI=1S/C13H19N/c1-8-7-12(13(14)5-6-13)11(4)10(3)9(8)2/h7H,5-6,14H2,1-4H3. The fourth-order valence-electron chi connectivity index (χ4n) is 2.13. The van der Waals surface area contributed by atoms with Gasteiger partial charge in [0.2, 0.25) is 0 Å². The molecule has 2 N–H and O–H groups in total. The van der Waals surface area contributed by atoms with Crippen LogP contribution < -0.4 is 5.73 Å². The summed E-state index contributed by atoms with van der Waals surface area (Å²) >= 11 is 0. The molecular formula is C13H19N. The average molecular weight is 189 g/mol. The van der Waals surface area contributed by atoms with Crippen LogP contribution in [0.3, 0.4) is 0 Å². The summed E-state index contributed by atoms with van der Waals surface area (Å²) in [5, 5.41) is 0. The number of aryl methyl sites for hydroxylation is 1. The predicted octanol–water partition coefficient (Wildman–Crippen LogP) is 2.87. The van der Waals surface area contributed by atoms with Crippen molar-refractivity contribution in [1.82, 2.24) is 0 Å². The fraction of sp³-hybridized carbons (Fsp3) is 0.538. The Hall–Kier alpha value is -0.820. The summed E-state index contributed by atoms with van der Waals surface area (Å²) < 4.78 is 0. The van der Waals surface area contributed by atoms with Crippen LogP contribution in [0.2, 0.25) is 0 Å². The lowest BCUT2D eigenvalue weighted by Crippen LogP contribution is -2.21. The van der Waals surface area contributed by atoms with Crippen LogP contribution in [0, 0.1) is 27.7 Å². The quantitative estimate of drug-likeness (QED) is 0.722. The summed E-state index contributed by atoms with van der Waals surface area (Å²) in [6.45, 7) is 8.77. The highest BCUT2D eigenvalue weighted by Gasteiger charge is 2.41. The second-order valence-electron chi connectivity index (χ2n) is 4.77. The van der Waals surface area contributed by atoms with Gasteiger partial charge in [0.05, 0.1) is 0 Å². The van der Waals surface area contributed by atoms with Crippen LogP contribution in [0.4, 0.5) is 0 Å². The second kappa shape index (κ2) is 2.83. The molecular weight excluding hydrogens is 170 g/mol. The number of hydrogen-bond donors (Lipinski definition) is 1. The molecule has 0 saturated heterocycles. The van der Waals surface area contributed by atoms with Crippen LogP contribution in [0.1, 0.15) is 40.7 Å². The van der Waals surface area contributed by atoms with E-state index in [1.165, 1.54) is 27.8 Å². The first-order chi connectivity index (χ1) is 6.46. The van der Waals surface area contributed by atoms with Gasteiger partial charge in [0, 0.05) is 5.54 Å². The van der Waals surface area contributed by atoms with E-state index in [9.17, 15) is 0 Å². The molecule has 14 heavy (non-hydrogen) atoms. The average Bonchev–Trinajstić information content (AvgIpc) is 2.87. The maximum Gasteiger partial charge on any atom is 0.0414 e. The summed E-state index contributed by atoms with van der Waals surface area (Å²) in [4.78, 5) is 0. The smallest absolute Gasteiger partial charge is 0.0414 e. The van der Waals surface area contributed by atoms with Gasteiger partial charge in [0.25, 0.3) is 0 Å². The first-order valence-electron chi connectivity index (χ1n) is 5.32. The maximum absolute atomic E-state index is 6.26. The van der Waals surface area contributed by atoms with Crippen molar-refractivity contribution >= 4 is 0 Å². The van der Waals surface area contributed by atoms with Gasteiger partial charge in [-0.2, -0.15) is 0 Å². The maximum atomic E-state index is 6.26. The molecule has 1 aliphatic carbocycles. The van der Waals surface area contributed by atoms with Crippen LogP contribution >= 0.6 is 0 Å². The Balaban J connectivity index is 2.62. The Labute approximate surface area is 86.3 Å². The minimum Gasteiger partial charge on any atom is -0.321 e. The minimum atomic E-state index is 0.00725. The Morgan fingerprint density at radius 2 is 1.57 bits per heavy atom. The molecule has 0 aromatic heterocycles. The zero-order valence-corrected chi connectivity index (χ0v) is 9.57. The van der Waals surface area contributed by atoms with Crippen LogP contribution in [-0.2, 0) is 5.54 Å². The highest BCUT2D eigenvalue weighted by Crippen LogP contribution is 2.45. The van der Waals surface area contributed by atoms with E-state index in [1.807, 2.05) is 0 Å². The third-order valence-corrected chi connectivity index (χ3v) is 3.81. The molecule has 0 amide bonds. The fourth-order valence-corrected chi connectivity index (χ4v) is 2.13. The van der Waals surface area contributed by atoms with E-state index in [1.54, 1.807) is 0 Å². The molecule has 1 fully saturated rings. The van der Waals surface area contributed by atoms with E-state index < -0.39 is 0 Å². The van der Waals surface area contributed by atoms with Gasteiger partial charge in [-0.1, -0.05) is 6.07 Å². The Bertz CT molecular complexity index is 387. The zero-order valence-electron chi connectivity index (χ0n) is 9.57. The number of benzene rings is 1. The van der Waals surface area contributed by atoms with Gasteiger partial charge >= 0.3 is 0 Å². The zero-order chi connectivity index (χ0) is 10.5. The lowest BCUT2D eigenvalue weighted by Gasteiger charge is -2.18. The first kappa shape index (κ1) is 9.72. The summed E-state index contributed by atoms with van der Waals surface area (Å²) in [7, 11) is 0. The van der Waals surface area contributed by atoms with E-state index in [0.29, 0.717) is 0 Å². The predicted molar refractivity (Wildman–Crippen MR) is 60.5 cm³/mol. The molecule has 1 aromatic carbocycles. The molecule has 0 spiro atoms. The molecule has 1 nitrogen and oxygen atoms in total. The van der Waals surface area contributed by atoms with E-state index in [-0.39, 0.29) is 5.54 Å². The largest absolute Gasteiger partial charge is 0.321 e. The van der Waals surface area contributed by atoms with Gasteiger partial charge in [-0.05, 0) is 68.4 Å². The molecule has 0 unspecified atom stereocenters. The lowest BCUT2D eigenvalue weighted by atomic mass is 9.90. The van der Waals surface area contributed by atoms with Crippen LogP contribution in [0.15, 0.2) is 6.07 Å². The molecule has 0 bridgehead atoms. The van der Waals surface area contributed by atoms with Crippen molar-refractivity contribution < 1.29 is 0 Å². The highest BCUT2D eigenvalue weighted by molar-refractivity contribution is 5.48. The molecule has 0 radical (unpaired) electrons. The molecule has 1 saturated carbocycles. The van der Waals surface area contributed by atoms with E-state index in [0.717, 1.165) is 12.8 Å². The van der Waals surface area contributed by atoms with E-state index in [2.05, 4.69) is 33.8 Å². The monoisotopic (exact) mass is 189 g/mol. The van der Waals surface area contributed by atoms with Crippen molar-refractivity contribution in [2.24, 2.45) is 5.73 Å². The first-order valence-corrected chi connectivity index (χ1v) is 5.32. The van der Waals surface area contributed by atoms with Gasteiger partial charge in [0.15, 0.2) is 0 Å². The van der Waals surface area contributed by atoms with Crippen LogP contribution in [-0.4, -0.2) is 0 Å². The number of nitrogens with two attached hydrogens (primary N) is 1. The van der Waals surface area contributed by atoms with Gasteiger partial charge in [0.1, 0.15) is 0 Å². The highest BCUT2D eigenvalue weighted by atomic mass is 14.8. The molecule has 1 aromatic rings. The van der Waals surface area contributed by atoms with Crippen molar-refractivity contribution in [3.8, 4) is 0 Å². The van der Waals surface area contributed by atoms with Gasteiger partial charge in [-0.15, -0.1) is 0 Å². The number of hydrogen-bond acceptors (Lipinski definition) is 1. The Morgan fingerprint density at radius 3 is 2.07 bits per heavy atom. The topological polar surface area (TPSA) is 26.0 Å². The van der Waals surface area contributed by atoms with Crippen molar-refractivity contribution in [1.29, 1.82) is 0 Å². The Morgan fingerprint density at radius 1 is 1.00 bits per heavy atom. The van der Waals surface area contributed by atoms with Crippen molar-refractivity contribution in [3.05, 3.63) is 33.9 Å². The normalized spacial score (nSPS) is 18.4. The molecule has 0 atom stereocenters. The molecule has 76 valence electrons. The summed E-state index contributed by atoms with van der Waals surface area (Å²) in [6.07, 6.45) is 2.30. The Kier molecular flexibility index (Phi) is 1.97. The molecule has 1 aliphatic rings. The van der Waals surface area contributed by atoms with Gasteiger partial charge < -0.3 is 5.73 Å². The molecule has 0 aliphatic heterocycles. The molecule has 2 rings (SSSR count). The minimum absolute atomic E-state index is 0.00725. The summed E-state index contributed by atoms with van der Waals surface area (Å²) in [5.41, 5.74) is 13.2. The van der Waals surface area contributed by atoms with Crippen molar-refractivity contribution in [2.45, 2.75) is 46.1 Å². The lowest BCUT2D eigenvalue weighted by molar-refractivity contribution is 0.729. The second-order valence-corrected chi connectivity index (χ2v) is 4.77. The molecule has 0 heterocycles. The number of rotatable bonds is 1. The van der Waals surface area contributed by atoms with Gasteiger partial charge in [-0.25, -0.2) is 0 Å². The van der Waals surface area contributed by atoms with Crippen LogP contribution in [0.5, 0.6) is 0 Å². The van der Waals surface area contributed by atoms with Crippen molar-refractivity contribution in [2.75, 3.05) is 0 Å².